The van der Waals surface area contributed by atoms with E-state index in [0.717, 1.165) is 6.07 Å². The van der Waals surface area contributed by atoms with E-state index in [1.54, 1.807) is 0 Å². The van der Waals surface area contributed by atoms with Gasteiger partial charge in [0.1, 0.15) is 11.6 Å². The number of aromatic hydroxyl groups is 1. The van der Waals surface area contributed by atoms with Crippen LogP contribution in [0.5, 0.6) is 5.75 Å². The number of carboxylic acid groups (broad SMARTS) is 1. The number of aliphatic carboxylic acids is 1. The lowest BCUT2D eigenvalue weighted by molar-refractivity contribution is -0.245. The first-order valence-electron chi connectivity index (χ1n) is 5.90. The van der Waals surface area contributed by atoms with E-state index in [4.69, 9.17) is 16.7 Å². The Balaban J connectivity index is 3.09. The largest absolute Gasteiger partial charge is 0.506 e. The summed E-state index contributed by atoms with van der Waals surface area (Å²) >= 11 is 5.42. The first-order valence-corrected chi connectivity index (χ1v) is 6.28. The Kier molecular flexibility index (Phi) is 5.43. The van der Waals surface area contributed by atoms with Gasteiger partial charge in [-0.05, 0) is 13.0 Å². The summed E-state index contributed by atoms with van der Waals surface area (Å²) < 4.78 is 52.1. The number of hydrogen-bond donors (Lipinski definition) is 4. The zero-order valence-corrected chi connectivity index (χ0v) is 12.2. The molecule has 2 atom stereocenters. The third-order valence-electron chi connectivity index (χ3n) is 2.97. The maximum atomic E-state index is 13.5. The van der Waals surface area contributed by atoms with E-state index in [-0.39, 0.29) is 11.2 Å². The number of anilines is 1. The van der Waals surface area contributed by atoms with Crippen molar-refractivity contribution in [2.45, 2.75) is 18.7 Å². The Morgan fingerprint density at radius 1 is 1.43 bits per heavy atom. The summed E-state index contributed by atoms with van der Waals surface area (Å²) in [6, 6.07) is 1.44. The zero-order chi connectivity index (χ0) is 18.0. The standard InChI is InChI=1S/C12H11ClF4N2O4/c1-5(10(21)22)11(23,12(15,16)17)4-18-19-8-3-9(20)6(13)2-7(8)14/h2-5,19-20,23H,1H3,(H,21,22). The van der Waals surface area contributed by atoms with Gasteiger partial charge in [-0.3, -0.25) is 10.2 Å². The fourth-order valence-corrected chi connectivity index (χ4v) is 1.59. The number of nitrogens with zero attached hydrogens (tertiary/aromatic N) is 1. The highest BCUT2D eigenvalue weighted by atomic mass is 35.5. The number of aliphatic hydroxyl groups is 1. The number of alkyl halides is 3. The van der Waals surface area contributed by atoms with Crippen LogP contribution in [-0.4, -0.2) is 39.3 Å². The summed E-state index contributed by atoms with van der Waals surface area (Å²) in [7, 11) is 0. The van der Waals surface area contributed by atoms with Crippen molar-refractivity contribution in [3.8, 4) is 5.75 Å². The summed E-state index contributed by atoms with van der Waals surface area (Å²) in [5.41, 5.74) is -2.49. The number of hydrogen-bond acceptors (Lipinski definition) is 5. The number of rotatable bonds is 5. The van der Waals surface area contributed by atoms with Crippen LogP contribution in [0, 0.1) is 11.7 Å². The molecule has 0 bridgehead atoms. The van der Waals surface area contributed by atoms with E-state index in [1.807, 2.05) is 5.43 Å². The van der Waals surface area contributed by atoms with Gasteiger partial charge in [0, 0.05) is 6.07 Å². The summed E-state index contributed by atoms with van der Waals surface area (Å²) in [5.74, 6) is -5.77. The van der Waals surface area contributed by atoms with Crippen LogP contribution in [0.3, 0.4) is 0 Å². The van der Waals surface area contributed by atoms with Gasteiger partial charge in [-0.1, -0.05) is 11.6 Å². The molecule has 2 unspecified atom stereocenters. The van der Waals surface area contributed by atoms with E-state index in [1.165, 1.54) is 0 Å². The maximum absolute atomic E-state index is 13.5. The molecule has 1 aromatic rings. The van der Waals surface area contributed by atoms with Gasteiger partial charge < -0.3 is 15.3 Å². The molecule has 1 aromatic carbocycles. The second-order valence-electron chi connectivity index (χ2n) is 4.54. The van der Waals surface area contributed by atoms with E-state index in [2.05, 4.69) is 5.10 Å². The monoisotopic (exact) mass is 358 g/mol. The normalized spacial score (nSPS) is 16.1. The zero-order valence-electron chi connectivity index (χ0n) is 11.4. The van der Waals surface area contributed by atoms with Crippen molar-refractivity contribution < 1.29 is 37.7 Å². The molecule has 0 heterocycles. The molecule has 4 N–H and O–H groups in total. The molecule has 0 radical (unpaired) electrons. The second-order valence-corrected chi connectivity index (χ2v) is 4.94. The van der Waals surface area contributed by atoms with Crippen LogP contribution in [-0.2, 0) is 4.79 Å². The van der Waals surface area contributed by atoms with Gasteiger partial charge in [0.05, 0.1) is 22.8 Å². The topological polar surface area (TPSA) is 102 Å². The Morgan fingerprint density at radius 2 is 2.00 bits per heavy atom. The number of carboxylic acids is 1. The highest BCUT2D eigenvalue weighted by Gasteiger charge is 2.58. The molecule has 0 aliphatic carbocycles. The predicted molar refractivity (Wildman–Crippen MR) is 73.0 cm³/mol. The number of benzene rings is 1. The lowest BCUT2D eigenvalue weighted by Gasteiger charge is -2.29. The van der Waals surface area contributed by atoms with Crippen molar-refractivity contribution in [2.75, 3.05) is 5.43 Å². The van der Waals surface area contributed by atoms with E-state index < -0.39 is 40.9 Å². The van der Waals surface area contributed by atoms with Gasteiger partial charge >= 0.3 is 12.1 Å². The van der Waals surface area contributed by atoms with E-state index in [0.29, 0.717) is 13.0 Å². The highest BCUT2D eigenvalue weighted by molar-refractivity contribution is 6.32. The smallest absolute Gasteiger partial charge is 0.423 e. The molecule has 1 rings (SSSR count). The van der Waals surface area contributed by atoms with Crippen LogP contribution in [0.4, 0.5) is 23.2 Å². The minimum Gasteiger partial charge on any atom is -0.506 e. The minimum atomic E-state index is -5.34. The third kappa shape index (κ3) is 4.02. The molecule has 11 heteroatoms. The molecule has 0 saturated heterocycles. The van der Waals surface area contributed by atoms with E-state index >= 15 is 0 Å². The van der Waals surface area contributed by atoms with Gasteiger partial charge in [-0.2, -0.15) is 18.3 Å². The molecule has 0 fully saturated rings. The second kappa shape index (κ2) is 6.59. The van der Waals surface area contributed by atoms with Crippen LogP contribution < -0.4 is 5.43 Å². The Hall–Kier alpha value is -2.07. The van der Waals surface area contributed by atoms with Gasteiger partial charge in [0.15, 0.2) is 0 Å². The van der Waals surface area contributed by atoms with Crippen molar-refractivity contribution in [3.05, 3.63) is 23.0 Å². The van der Waals surface area contributed by atoms with Gasteiger partial charge in [0.25, 0.3) is 0 Å². The Morgan fingerprint density at radius 3 is 2.48 bits per heavy atom. The highest BCUT2D eigenvalue weighted by Crippen LogP contribution is 2.35. The van der Waals surface area contributed by atoms with Crippen molar-refractivity contribution in [2.24, 2.45) is 11.0 Å². The summed E-state index contributed by atoms with van der Waals surface area (Å²) in [6.45, 7) is 0.635. The minimum absolute atomic E-state index is 0.100. The lowest BCUT2D eigenvalue weighted by Crippen LogP contribution is -2.54. The molecular formula is C12H11ClF4N2O4. The maximum Gasteiger partial charge on any atom is 0.423 e. The summed E-state index contributed by atoms with van der Waals surface area (Å²) in [6.07, 6.45) is -5.44. The van der Waals surface area contributed by atoms with Crippen LogP contribution in [0.1, 0.15) is 6.92 Å². The molecule has 0 aliphatic heterocycles. The van der Waals surface area contributed by atoms with Crippen molar-refractivity contribution >= 4 is 29.5 Å². The Bertz CT molecular complexity index is 638. The fourth-order valence-electron chi connectivity index (χ4n) is 1.44. The first-order chi connectivity index (χ1) is 10.4. The van der Waals surface area contributed by atoms with Crippen LogP contribution in [0.15, 0.2) is 17.2 Å². The molecular weight excluding hydrogens is 348 g/mol. The van der Waals surface area contributed by atoms with E-state index in [9.17, 15) is 32.6 Å². The molecule has 128 valence electrons. The molecule has 0 saturated carbocycles. The molecule has 0 amide bonds. The molecule has 0 aromatic heterocycles. The molecule has 23 heavy (non-hydrogen) atoms. The van der Waals surface area contributed by atoms with Crippen LogP contribution in [0.25, 0.3) is 0 Å². The van der Waals surface area contributed by atoms with Gasteiger partial charge in [0.2, 0.25) is 5.60 Å². The average molecular weight is 359 g/mol. The van der Waals surface area contributed by atoms with Crippen LogP contribution >= 0.6 is 11.6 Å². The molecule has 0 spiro atoms. The average Bonchev–Trinajstić information content (AvgIpc) is 2.41. The van der Waals surface area contributed by atoms with Crippen molar-refractivity contribution in [1.29, 1.82) is 0 Å². The number of carbonyl (C=O) groups is 1. The number of phenols is 1. The molecule has 0 aliphatic rings. The quantitative estimate of drug-likeness (QED) is 0.368. The van der Waals surface area contributed by atoms with Crippen molar-refractivity contribution in [3.63, 3.8) is 0 Å². The van der Waals surface area contributed by atoms with Crippen LogP contribution in [0.2, 0.25) is 5.02 Å². The number of phenolic OH excluding ortho intramolecular Hbond substituents is 1. The summed E-state index contributed by atoms with van der Waals surface area (Å²) in [4.78, 5) is 10.7. The third-order valence-corrected chi connectivity index (χ3v) is 3.27. The number of nitrogens with one attached hydrogen (secondary N) is 1. The lowest BCUT2D eigenvalue weighted by atomic mass is 9.89. The number of halogens is 5. The SMILES string of the molecule is CC(C(=O)O)C(O)(C=NNc1cc(O)c(Cl)cc1F)C(F)(F)F. The number of hydrazone groups is 1. The Labute approximate surface area is 132 Å². The summed E-state index contributed by atoms with van der Waals surface area (Å²) in [5, 5.41) is 30.2. The van der Waals surface area contributed by atoms with Gasteiger partial charge in [-0.25, -0.2) is 4.39 Å². The van der Waals surface area contributed by atoms with Gasteiger partial charge in [-0.15, -0.1) is 0 Å². The predicted octanol–water partition coefficient (Wildman–Crippen LogP) is 2.60. The first kappa shape index (κ1) is 19.0. The van der Waals surface area contributed by atoms with Crippen molar-refractivity contribution in [1.82, 2.24) is 0 Å². The molecule has 6 nitrogen and oxygen atoms in total. The fraction of sp³-hybridized carbons (Fsp3) is 0.333.